The van der Waals surface area contributed by atoms with Crippen LogP contribution in [0.3, 0.4) is 0 Å². The Morgan fingerprint density at radius 2 is 1.75 bits per heavy atom. The maximum Gasteiger partial charge on any atom is 0.251 e. The number of benzene rings is 2. The summed E-state index contributed by atoms with van der Waals surface area (Å²) in [5, 5.41) is 14.7. The van der Waals surface area contributed by atoms with Crippen LogP contribution in [0.5, 0.6) is 11.5 Å². The minimum Gasteiger partial charge on any atom is -0.457 e. The number of rotatable bonds is 9. The van der Waals surface area contributed by atoms with E-state index in [1.807, 2.05) is 30.3 Å². The maximum absolute atomic E-state index is 12.8. The Morgan fingerprint density at radius 1 is 1.03 bits per heavy atom. The number of amidine groups is 1. The molecule has 1 unspecified atom stereocenters. The largest absolute Gasteiger partial charge is 0.457 e. The Morgan fingerprint density at radius 3 is 2.44 bits per heavy atom. The fraction of sp³-hybridized carbons (Fsp3) is 0.231. The summed E-state index contributed by atoms with van der Waals surface area (Å²) in [6, 6.07) is 17.2. The van der Waals surface area contributed by atoms with Crippen LogP contribution in [0.2, 0.25) is 0 Å². The van der Waals surface area contributed by atoms with Gasteiger partial charge in [0.15, 0.2) is 0 Å². The summed E-state index contributed by atoms with van der Waals surface area (Å²) >= 11 is 1.41. The van der Waals surface area contributed by atoms with Gasteiger partial charge >= 0.3 is 0 Å². The highest BCUT2D eigenvalue weighted by Gasteiger charge is 2.33. The molecule has 2 heterocycles. The highest BCUT2D eigenvalue weighted by atomic mass is 32.1. The second-order valence-electron chi connectivity index (χ2n) is 8.30. The number of amides is 3. The summed E-state index contributed by atoms with van der Waals surface area (Å²) in [6.07, 6.45) is 1.28. The van der Waals surface area contributed by atoms with Gasteiger partial charge in [0.25, 0.3) is 5.91 Å². The van der Waals surface area contributed by atoms with Crippen molar-refractivity contribution in [1.29, 1.82) is 5.41 Å². The first kappa shape index (κ1) is 24.9. The summed E-state index contributed by atoms with van der Waals surface area (Å²) in [5.41, 5.74) is 6.50. The van der Waals surface area contributed by atoms with Crippen LogP contribution in [0.4, 0.5) is 0 Å². The van der Waals surface area contributed by atoms with E-state index < -0.39 is 6.04 Å². The van der Waals surface area contributed by atoms with Crippen molar-refractivity contribution in [3.05, 3.63) is 82.0 Å². The van der Waals surface area contributed by atoms with Crippen molar-refractivity contribution in [3.8, 4) is 11.5 Å². The van der Waals surface area contributed by atoms with Crippen LogP contribution in [-0.2, 0) is 16.1 Å². The van der Waals surface area contributed by atoms with Crippen LogP contribution < -0.4 is 21.1 Å². The molecular weight excluding hydrogens is 478 g/mol. The van der Waals surface area contributed by atoms with Crippen LogP contribution in [-0.4, -0.2) is 47.6 Å². The molecular formula is C26H27N5O4S. The Hall–Kier alpha value is -4.18. The predicted octanol–water partition coefficient (Wildman–Crippen LogP) is 2.86. The van der Waals surface area contributed by atoms with Crippen molar-refractivity contribution in [2.45, 2.75) is 25.4 Å². The summed E-state index contributed by atoms with van der Waals surface area (Å²) in [7, 11) is 0. The number of carbonyl (C=O) groups excluding carboxylic acids is 3. The summed E-state index contributed by atoms with van der Waals surface area (Å²) in [6.45, 7) is 0.569. The number of nitrogen functional groups attached to an aromatic ring is 1. The quantitative estimate of drug-likeness (QED) is 0.262. The highest BCUT2D eigenvalue weighted by molar-refractivity contribution is 7.10. The summed E-state index contributed by atoms with van der Waals surface area (Å²) < 4.78 is 5.73. The highest BCUT2D eigenvalue weighted by Crippen LogP contribution is 2.21. The molecule has 1 saturated heterocycles. The van der Waals surface area contributed by atoms with Gasteiger partial charge in [-0.05, 0) is 55.3 Å². The smallest absolute Gasteiger partial charge is 0.251 e. The van der Waals surface area contributed by atoms with Gasteiger partial charge in [0.1, 0.15) is 23.4 Å². The van der Waals surface area contributed by atoms with E-state index in [0.29, 0.717) is 48.6 Å². The first-order valence-electron chi connectivity index (χ1n) is 11.5. The van der Waals surface area contributed by atoms with Gasteiger partial charge in [0, 0.05) is 27.9 Å². The van der Waals surface area contributed by atoms with E-state index >= 15 is 0 Å². The molecule has 3 amide bonds. The molecule has 0 radical (unpaired) electrons. The zero-order chi connectivity index (χ0) is 25.5. The number of nitrogens with two attached hydrogens (primary N) is 1. The Bertz CT molecular complexity index is 1240. The lowest BCUT2D eigenvalue weighted by Crippen LogP contribution is -2.48. The van der Waals surface area contributed by atoms with Crippen molar-refractivity contribution >= 4 is 34.9 Å². The molecule has 0 aliphatic carbocycles. The molecule has 0 spiro atoms. The summed E-state index contributed by atoms with van der Waals surface area (Å²) in [4.78, 5) is 40.4. The van der Waals surface area contributed by atoms with E-state index in [2.05, 4.69) is 10.6 Å². The van der Waals surface area contributed by atoms with Crippen molar-refractivity contribution in [3.63, 3.8) is 0 Å². The Balaban J connectivity index is 1.26. The fourth-order valence-corrected chi connectivity index (χ4v) is 4.73. The molecule has 1 aromatic heterocycles. The lowest BCUT2D eigenvalue weighted by molar-refractivity contribution is -0.137. The first-order valence-corrected chi connectivity index (χ1v) is 12.4. The first-order chi connectivity index (χ1) is 17.4. The molecule has 36 heavy (non-hydrogen) atoms. The van der Waals surface area contributed by atoms with Gasteiger partial charge in [-0.2, -0.15) is 0 Å². The van der Waals surface area contributed by atoms with Crippen LogP contribution in [0.25, 0.3) is 0 Å². The van der Waals surface area contributed by atoms with Crippen LogP contribution in [0, 0.1) is 5.41 Å². The van der Waals surface area contributed by atoms with E-state index in [1.165, 1.54) is 16.2 Å². The number of hydrogen-bond donors (Lipinski definition) is 4. The topological polar surface area (TPSA) is 138 Å². The molecule has 1 aliphatic rings. The molecule has 10 heteroatoms. The monoisotopic (exact) mass is 505 g/mol. The Kier molecular flexibility index (Phi) is 7.96. The van der Waals surface area contributed by atoms with Gasteiger partial charge in [0.2, 0.25) is 11.8 Å². The number of nitrogens with one attached hydrogen (secondary N) is 3. The molecule has 1 atom stereocenters. The van der Waals surface area contributed by atoms with E-state index in [-0.39, 0.29) is 30.1 Å². The predicted molar refractivity (Wildman–Crippen MR) is 137 cm³/mol. The minimum atomic E-state index is -0.573. The zero-order valence-corrected chi connectivity index (χ0v) is 20.3. The third-order valence-corrected chi connectivity index (χ3v) is 6.71. The lowest BCUT2D eigenvalue weighted by atomic mass is 10.2. The lowest BCUT2D eigenvalue weighted by Gasteiger charge is -2.24. The van der Waals surface area contributed by atoms with E-state index in [1.54, 1.807) is 35.7 Å². The maximum atomic E-state index is 12.8. The number of para-hydroxylation sites is 1. The van der Waals surface area contributed by atoms with Crippen LogP contribution >= 0.6 is 11.3 Å². The number of ether oxygens (including phenoxy) is 1. The molecule has 0 bridgehead atoms. The molecule has 5 N–H and O–H groups in total. The number of likely N-dealkylation sites (tertiary alicyclic amines) is 1. The number of hydrogen-bond acceptors (Lipinski definition) is 6. The third-order valence-electron chi connectivity index (χ3n) is 5.77. The summed E-state index contributed by atoms with van der Waals surface area (Å²) in [5.74, 6) is 0.350. The average Bonchev–Trinajstić information content (AvgIpc) is 3.57. The molecule has 1 aliphatic heterocycles. The second kappa shape index (κ2) is 11.5. The third kappa shape index (κ3) is 6.28. The van der Waals surface area contributed by atoms with E-state index in [4.69, 9.17) is 15.9 Å². The van der Waals surface area contributed by atoms with E-state index in [9.17, 15) is 14.4 Å². The average molecular weight is 506 g/mol. The van der Waals surface area contributed by atoms with Gasteiger partial charge in [-0.1, -0.05) is 18.2 Å². The molecule has 0 saturated carbocycles. The Labute approximate surface area is 212 Å². The standard InChI is InChI=1S/C26H27N5O4S/c27-24(28)18-13-21(36-16-18)14-29-26(34)22-7-4-12-31(22)23(32)15-30-25(33)17-8-10-20(11-9-17)35-19-5-2-1-3-6-19/h1-3,5-6,8-11,13,16,22H,4,7,12,14-15H2,(H3,27,28)(H,29,34)(H,30,33). The molecule has 1 fully saturated rings. The number of carbonyl (C=O) groups is 3. The molecule has 2 aromatic carbocycles. The van der Waals surface area contributed by atoms with Crippen molar-refractivity contribution in [2.24, 2.45) is 5.73 Å². The van der Waals surface area contributed by atoms with Crippen molar-refractivity contribution < 1.29 is 19.1 Å². The molecule has 4 rings (SSSR count). The molecule has 186 valence electrons. The van der Waals surface area contributed by atoms with Crippen LogP contribution in [0.1, 0.15) is 33.6 Å². The van der Waals surface area contributed by atoms with Gasteiger partial charge < -0.3 is 26.0 Å². The minimum absolute atomic E-state index is 0.0186. The number of nitrogens with zero attached hydrogens (tertiary/aromatic N) is 1. The van der Waals surface area contributed by atoms with Gasteiger partial charge in [0.05, 0.1) is 13.1 Å². The van der Waals surface area contributed by atoms with Crippen molar-refractivity contribution in [2.75, 3.05) is 13.1 Å². The van der Waals surface area contributed by atoms with Gasteiger partial charge in [-0.25, -0.2) is 0 Å². The number of thiophene rings is 1. The second-order valence-corrected chi connectivity index (χ2v) is 9.30. The van der Waals surface area contributed by atoms with Crippen LogP contribution in [0.15, 0.2) is 66.0 Å². The SMILES string of the molecule is N=C(N)c1csc(CNC(=O)C2CCCN2C(=O)CNC(=O)c2ccc(Oc3ccccc3)cc2)c1. The van der Waals surface area contributed by atoms with E-state index in [0.717, 1.165) is 4.88 Å². The normalized spacial score (nSPS) is 14.8. The van der Waals surface area contributed by atoms with Crippen molar-refractivity contribution in [1.82, 2.24) is 15.5 Å². The van der Waals surface area contributed by atoms with Gasteiger partial charge in [-0.3, -0.25) is 19.8 Å². The molecule has 3 aromatic rings. The van der Waals surface area contributed by atoms with Gasteiger partial charge in [-0.15, -0.1) is 11.3 Å². The zero-order valence-electron chi connectivity index (χ0n) is 19.5. The molecule has 9 nitrogen and oxygen atoms in total. The fourth-order valence-electron chi connectivity index (χ4n) is 3.90.